The highest BCUT2D eigenvalue weighted by Crippen LogP contribution is 2.31. The fourth-order valence-electron chi connectivity index (χ4n) is 2.16. The molecule has 1 rings (SSSR count). The summed E-state index contributed by atoms with van der Waals surface area (Å²) in [7, 11) is 1.62. The molecule has 1 unspecified atom stereocenters. The summed E-state index contributed by atoms with van der Waals surface area (Å²) < 4.78 is 0. The van der Waals surface area contributed by atoms with Gasteiger partial charge in [0, 0.05) is 13.5 Å². The third-order valence-corrected chi connectivity index (χ3v) is 3.07. The van der Waals surface area contributed by atoms with Gasteiger partial charge in [-0.05, 0) is 18.8 Å². The fraction of sp³-hybridized carbons (Fsp3) is 0.818. The molecule has 3 heteroatoms. The molecule has 1 aliphatic carbocycles. The molecule has 0 radical (unpaired) electrons. The van der Waals surface area contributed by atoms with Crippen LogP contribution in [0.1, 0.15) is 38.5 Å². The van der Waals surface area contributed by atoms with Crippen molar-refractivity contribution in [3.63, 3.8) is 0 Å². The van der Waals surface area contributed by atoms with Crippen LogP contribution in [0.5, 0.6) is 0 Å². The number of carbonyl (C=O) groups excluding carboxylic acids is 1. The second-order valence-corrected chi connectivity index (χ2v) is 4.01. The number of carbonyl (C=O) groups is 1. The van der Waals surface area contributed by atoms with Crippen molar-refractivity contribution in [1.82, 2.24) is 5.32 Å². The average Bonchev–Trinajstić information content (AvgIpc) is 2.26. The van der Waals surface area contributed by atoms with Crippen LogP contribution in [0, 0.1) is 23.2 Å². The summed E-state index contributed by atoms with van der Waals surface area (Å²) in [5.74, 6) is 0.364. The van der Waals surface area contributed by atoms with Gasteiger partial charge >= 0.3 is 0 Å². The van der Waals surface area contributed by atoms with E-state index >= 15 is 0 Å². The van der Waals surface area contributed by atoms with Crippen molar-refractivity contribution >= 4 is 5.91 Å². The molecular weight excluding hydrogens is 176 g/mol. The van der Waals surface area contributed by atoms with Crippen LogP contribution >= 0.6 is 0 Å². The zero-order valence-corrected chi connectivity index (χ0v) is 8.75. The molecule has 3 nitrogen and oxygen atoms in total. The molecule has 1 aliphatic rings. The lowest BCUT2D eigenvalue weighted by molar-refractivity contribution is -0.121. The van der Waals surface area contributed by atoms with Crippen LogP contribution in [0.2, 0.25) is 0 Å². The topological polar surface area (TPSA) is 52.9 Å². The number of hydrogen-bond donors (Lipinski definition) is 1. The number of nitriles is 1. The van der Waals surface area contributed by atoms with Crippen molar-refractivity contribution in [2.45, 2.75) is 38.5 Å². The van der Waals surface area contributed by atoms with E-state index in [0.717, 1.165) is 12.8 Å². The first-order chi connectivity index (χ1) is 6.77. The number of rotatable bonds is 3. The molecule has 0 aromatic carbocycles. The van der Waals surface area contributed by atoms with Crippen LogP contribution in [0.15, 0.2) is 0 Å². The largest absolute Gasteiger partial charge is 0.359 e. The lowest BCUT2D eigenvalue weighted by Gasteiger charge is -2.25. The zero-order chi connectivity index (χ0) is 10.4. The van der Waals surface area contributed by atoms with Gasteiger partial charge in [0.15, 0.2) is 0 Å². The highest BCUT2D eigenvalue weighted by Gasteiger charge is 2.25. The zero-order valence-electron chi connectivity index (χ0n) is 8.75. The Labute approximate surface area is 85.5 Å². The first-order valence-corrected chi connectivity index (χ1v) is 5.38. The highest BCUT2D eigenvalue weighted by atomic mass is 16.1. The Hall–Kier alpha value is -1.04. The molecule has 0 bridgehead atoms. The Morgan fingerprint density at radius 3 is 2.64 bits per heavy atom. The maximum atomic E-state index is 11.2. The van der Waals surface area contributed by atoms with Crippen LogP contribution < -0.4 is 5.32 Å². The van der Waals surface area contributed by atoms with Crippen molar-refractivity contribution in [3.8, 4) is 6.07 Å². The van der Waals surface area contributed by atoms with E-state index in [-0.39, 0.29) is 11.8 Å². The summed E-state index contributed by atoms with van der Waals surface area (Å²) in [6.45, 7) is 0. The second kappa shape index (κ2) is 5.64. The normalized spacial score (nSPS) is 19.7. The number of amides is 1. The van der Waals surface area contributed by atoms with Crippen molar-refractivity contribution in [2.24, 2.45) is 11.8 Å². The minimum atomic E-state index is -0.0738. The van der Waals surface area contributed by atoms with E-state index in [2.05, 4.69) is 11.4 Å². The van der Waals surface area contributed by atoms with Crippen molar-refractivity contribution in [1.29, 1.82) is 5.26 Å². The molecule has 0 saturated heterocycles. The molecule has 0 heterocycles. The molecule has 0 aromatic rings. The smallest absolute Gasteiger partial charge is 0.221 e. The minimum Gasteiger partial charge on any atom is -0.359 e. The second-order valence-electron chi connectivity index (χ2n) is 4.01. The van der Waals surface area contributed by atoms with Gasteiger partial charge in [-0.25, -0.2) is 0 Å². The molecule has 1 atom stereocenters. The Morgan fingerprint density at radius 1 is 1.50 bits per heavy atom. The SMILES string of the molecule is CNC(=O)CC(C#N)C1CCCCC1. The van der Waals surface area contributed by atoms with E-state index in [9.17, 15) is 4.79 Å². The Kier molecular flexibility index (Phi) is 4.45. The van der Waals surface area contributed by atoms with E-state index in [1.165, 1.54) is 19.3 Å². The van der Waals surface area contributed by atoms with Crippen LogP contribution in [0.3, 0.4) is 0 Å². The van der Waals surface area contributed by atoms with Gasteiger partial charge < -0.3 is 5.32 Å². The molecule has 14 heavy (non-hydrogen) atoms. The van der Waals surface area contributed by atoms with Gasteiger partial charge in [-0.1, -0.05) is 19.3 Å². The number of hydrogen-bond acceptors (Lipinski definition) is 2. The Balaban J connectivity index is 2.44. The van der Waals surface area contributed by atoms with Crippen molar-refractivity contribution in [2.75, 3.05) is 7.05 Å². The van der Waals surface area contributed by atoms with Gasteiger partial charge in [-0.2, -0.15) is 5.26 Å². The van der Waals surface area contributed by atoms with Gasteiger partial charge in [0.2, 0.25) is 5.91 Å². The van der Waals surface area contributed by atoms with Crippen LogP contribution in [0.25, 0.3) is 0 Å². The summed E-state index contributed by atoms with van der Waals surface area (Å²) >= 11 is 0. The summed E-state index contributed by atoms with van der Waals surface area (Å²) in [5, 5.41) is 11.6. The molecule has 1 N–H and O–H groups in total. The lowest BCUT2D eigenvalue weighted by Crippen LogP contribution is -2.25. The average molecular weight is 194 g/mol. The van der Waals surface area contributed by atoms with Crippen LogP contribution in [-0.4, -0.2) is 13.0 Å². The van der Waals surface area contributed by atoms with E-state index in [1.54, 1.807) is 7.05 Å². The Bertz CT molecular complexity index is 226. The van der Waals surface area contributed by atoms with E-state index < -0.39 is 0 Å². The molecule has 0 aromatic heterocycles. The van der Waals surface area contributed by atoms with E-state index in [0.29, 0.717) is 12.3 Å². The summed E-state index contributed by atoms with van der Waals surface area (Å²) in [4.78, 5) is 11.2. The summed E-state index contributed by atoms with van der Waals surface area (Å²) in [6, 6.07) is 2.28. The quantitative estimate of drug-likeness (QED) is 0.745. The molecule has 78 valence electrons. The summed E-state index contributed by atoms with van der Waals surface area (Å²) in [5.41, 5.74) is 0. The highest BCUT2D eigenvalue weighted by molar-refractivity contribution is 5.76. The predicted molar refractivity (Wildman–Crippen MR) is 54.4 cm³/mol. The molecular formula is C11H18N2O. The maximum Gasteiger partial charge on any atom is 0.221 e. The molecule has 1 saturated carbocycles. The van der Waals surface area contributed by atoms with Crippen LogP contribution in [0.4, 0.5) is 0 Å². The van der Waals surface area contributed by atoms with E-state index in [4.69, 9.17) is 5.26 Å². The monoisotopic (exact) mass is 194 g/mol. The molecule has 1 amide bonds. The Morgan fingerprint density at radius 2 is 2.14 bits per heavy atom. The van der Waals surface area contributed by atoms with Crippen molar-refractivity contribution in [3.05, 3.63) is 0 Å². The maximum absolute atomic E-state index is 11.2. The third-order valence-electron chi connectivity index (χ3n) is 3.07. The van der Waals surface area contributed by atoms with Crippen molar-refractivity contribution < 1.29 is 4.79 Å². The summed E-state index contributed by atoms with van der Waals surface area (Å²) in [6.07, 6.45) is 6.34. The number of nitrogens with one attached hydrogen (secondary N) is 1. The van der Waals surface area contributed by atoms with Gasteiger partial charge in [0.1, 0.15) is 0 Å². The van der Waals surface area contributed by atoms with Gasteiger partial charge in [0.05, 0.1) is 12.0 Å². The third kappa shape index (κ3) is 3.02. The van der Waals surface area contributed by atoms with Gasteiger partial charge in [0.25, 0.3) is 0 Å². The van der Waals surface area contributed by atoms with Crippen LogP contribution in [-0.2, 0) is 4.79 Å². The number of nitrogens with zero attached hydrogens (tertiary/aromatic N) is 1. The van der Waals surface area contributed by atoms with Gasteiger partial charge in [-0.15, -0.1) is 0 Å². The standard InChI is InChI=1S/C11H18N2O/c1-13-11(14)7-10(8-12)9-5-3-2-4-6-9/h9-10H,2-7H2,1H3,(H,13,14). The molecule has 1 fully saturated rings. The predicted octanol–water partition coefficient (Wildman–Crippen LogP) is 1.84. The fourth-order valence-corrected chi connectivity index (χ4v) is 2.16. The van der Waals surface area contributed by atoms with Gasteiger partial charge in [-0.3, -0.25) is 4.79 Å². The minimum absolute atomic E-state index is 0.0119. The molecule has 0 spiro atoms. The van der Waals surface area contributed by atoms with E-state index in [1.807, 2.05) is 0 Å². The first kappa shape index (κ1) is 11.0. The molecule has 0 aliphatic heterocycles. The first-order valence-electron chi connectivity index (χ1n) is 5.38. The lowest BCUT2D eigenvalue weighted by atomic mass is 9.79.